The van der Waals surface area contributed by atoms with Crippen molar-refractivity contribution in [2.75, 3.05) is 20.6 Å². The van der Waals surface area contributed by atoms with E-state index in [0.717, 1.165) is 25.1 Å². The van der Waals surface area contributed by atoms with Crippen LogP contribution in [0.15, 0.2) is 48.2 Å². The van der Waals surface area contributed by atoms with Gasteiger partial charge in [-0.2, -0.15) is 10.2 Å². The van der Waals surface area contributed by atoms with E-state index < -0.39 is 0 Å². The molecule has 3 heteroatoms. The summed E-state index contributed by atoms with van der Waals surface area (Å²) in [5.74, 6) is 0.287. The lowest BCUT2D eigenvalue weighted by Crippen LogP contribution is -2.14. The second-order valence-electron chi connectivity index (χ2n) is 6.27. The molecular formula is C19H23N3. The Balaban J connectivity index is 1.99. The maximum absolute atomic E-state index is 4.33. The number of aromatic nitrogens is 2. The quantitative estimate of drug-likeness (QED) is 0.844. The fourth-order valence-corrected chi connectivity index (χ4v) is 3.27. The van der Waals surface area contributed by atoms with E-state index in [0.29, 0.717) is 0 Å². The number of hydrogen-bond acceptors (Lipinski definition) is 3. The maximum Gasteiger partial charge on any atom is 0.0703 e. The smallest absolute Gasteiger partial charge is 0.0703 e. The summed E-state index contributed by atoms with van der Waals surface area (Å²) in [7, 11) is 4.27. The standard InChI is InChI=1S/C19H23N3/c1-14(18-9-6-11-20-21-18)19-16(10-12-22(2)3)13-15-7-4-5-8-17(15)19/h4-9,11,14H,10,12-13H2,1-3H3. The lowest BCUT2D eigenvalue weighted by Gasteiger charge is -2.17. The average molecular weight is 293 g/mol. The van der Waals surface area contributed by atoms with Crippen LogP contribution in [0.1, 0.15) is 36.1 Å². The van der Waals surface area contributed by atoms with Gasteiger partial charge >= 0.3 is 0 Å². The molecule has 1 aliphatic rings. The highest BCUT2D eigenvalue weighted by molar-refractivity contribution is 5.80. The lowest BCUT2D eigenvalue weighted by atomic mass is 9.90. The van der Waals surface area contributed by atoms with Crippen LogP contribution in [0, 0.1) is 0 Å². The first-order chi connectivity index (χ1) is 10.7. The summed E-state index contributed by atoms with van der Waals surface area (Å²) in [6.45, 7) is 3.33. The van der Waals surface area contributed by atoms with Crippen molar-refractivity contribution in [3.8, 4) is 0 Å². The van der Waals surface area contributed by atoms with Crippen LogP contribution in [0.2, 0.25) is 0 Å². The molecule has 0 bridgehead atoms. The molecular weight excluding hydrogens is 270 g/mol. The van der Waals surface area contributed by atoms with E-state index in [1.807, 2.05) is 6.07 Å². The third-order valence-corrected chi connectivity index (χ3v) is 4.42. The van der Waals surface area contributed by atoms with Crippen molar-refractivity contribution in [2.45, 2.75) is 25.7 Å². The zero-order valence-corrected chi connectivity index (χ0v) is 13.6. The van der Waals surface area contributed by atoms with E-state index in [1.54, 1.807) is 11.8 Å². The molecule has 1 atom stereocenters. The molecule has 0 N–H and O–H groups in total. The van der Waals surface area contributed by atoms with Crippen molar-refractivity contribution in [3.05, 3.63) is 65.0 Å². The minimum Gasteiger partial charge on any atom is -0.309 e. The molecule has 0 saturated heterocycles. The van der Waals surface area contributed by atoms with Crippen LogP contribution in [0.4, 0.5) is 0 Å². The Morgan fingerprint density at radius 3 is 2.68 bits per heavy atom. The van der Waals surface area contributed by atoms with Gasteiger partial charge in [-0.15, -0.1) is 0 Å². The Hall–Kier alpha value is -2.00. The molecule has 1 aromatic carbocycles. The molecule has 1 unspecified atom stereocenters. The Morgan fingerprint density at radius 2 is 1.95 bits per heavy atom. The zero-order chi connectivity index (χ0) is 15.5. The van der Waals surface area contributed by atoms with Gasteiger partial charge in [-0.05, 0) is 55.8 Å². The molecule has 114 valence electrons. The van der Waals surface area contributed by atoms with Crippen LogP contribution in [0.3, 0.4) is 0 Å². The molecule has 0 spiro atoms. The predicted octanol–water partition coefficient (Wildman–Crippen LogP) is 3.54. The molecule has 3 nitrogen and oxygen atoms in total. The lowest BCUT2D eigenvalue weighted by molar-refractivity contribution is 0.412. The highest BCUT2D eigenvalue weighted by Gasteiger charge is 2.26. The molecule has 0 amide bonds. The SMILES string of the molecule is CC(C1=C(CCN(C)C)Cc2ccccc21)c1cccnn1. The van der Waals surface area contributed by atoms with E-state index >= 15 is 0 Å². The number of rotatable bonds is 5. The summed E-state index contributed by atoms with van der Waals surface area (Å²) in [6, 6.07) is 12.8. The molecule has 0 radical (unpaired) electrons. The molecule has 2 aromatic rings. The second-order valence-corrected chi connectivity index (χ2v) is 6.27. The van der Waals surface area contributed by atoms with Crippen LogP contribution in [-0.2, 0) is 6.42 Å². The minimum absolute atomic E-state index is 0.287. The van der Waals surface area contributed by atoms with E-state index in [9.17, 15) is 0 Å². The van der Waals surface area contributed by atoms with Crippen molar-refractivity contribution in [3.63, 3.8) is 0 Å². The molecule has 22 heavy (non-hydrogen) atoms. The summed E-state index contributed by atoms with van der Waals surface area (Å²) in [5, 5.41) is 8.38. The number of fused-ring (bicyclic) bond motifs is 1. The first-order valence-corrected chi connectivity index (χ1v) is 7.89. The maximum atomic E-state index is 4.33. The van der Waals surface area contributed by atoms with Crippen LogP contribution >= 0.6 is 0 Å². The Kier molecular flexibility index (Phi) is 4.34. The fourth-order valence-electron chi connectivity index (χ4n) is 3.27. The van der Waals surface area contributed by atoms with Crippen LogP contribution < -0.4 is 0 Å². The highest BCUT2D eigenvalue weighted by Crippen LogP contribution is 2.42. The third-order valence-electron chi connectivity index (χ3n) is 4.42. The number of nitrogens with zero attached hydrogens (tertiary/aromatic N) is 3. The van der Waals surface area contributed by atoms with E-state index in [2.05, 4.69) is 66.4 Å². The molecule has 1 aliphatic carbocycles. The van der Waals surface area contributed by atoms with Gasteiger partial charge in [0.25, 0.3) is 0 Å². The summed E-state index contributed by atoms with van der Waals surface area (Å²) in [4.78, 5) is 2.25. The second kappa shape index (κ2) is 6.41. The van der Waals surface area contributed by atoms with Crippen molar-refractivity contribution < 1.29 is 0 Å². The van der Waals surface area contributed by atoms with Gasteiger partial charge in [0.05, 0.1) is 5.69 Å². The Labute approximate surface area is 132 Å². The van der Waals surface area contributed by atoms with Gasteiger partial charge in [0, 0.05) is 18.7 Å². The Morgan fingerprint density at radius 1 is 1.14 bits per heavy atom. The minimum atomic E-state index is 0.287. The van der Waals surface area contributed by atoms with Crippen molar-refractivity contribution in [1.82, 2.24) is 15.1 Å². The van der Waals surface area contributed by atoms with Crippen LogP contribution in [0.5, 0.6) is 0 Å². The zero-order valence-electron chi connectivity index (χ0n) is 13.6. The number of allylic oxidation sites excluding steroid dienone is 1. The molecule has 0 fully saturated rings. The monoisotopic (exact) mass is 293 g/mol. The van der Waals surface area contributed by atoms with Gasteiger partial charge in [0.2, 0.25) is 0 Å². The van der Waals surface area contributed by atoms with Crippen LogP contribution in [0.25, 0.3) is 5.57 Å². The first kappa shape index (κ1) is 14.9. The van der Waals surface area contributed by atoms with Crippen molar-refractivity contribution in [1.29, 1.82) is 0 Å². The third kappa shape index (κ3) is 2.95. The number of benzene rings is 1. The molecule has 0 aliphatic heterocycles. The van der Waals surface area contributed by atoms with Gasteiger partial charge in [-0.1, -0.05) is 36.8 Å². The normalized spacial score (nSPS) is 15.3. The average Bonchev–Trinajstić information content (AvgIpc) is 2.91. The predicted molar refractivity (Wildman–Crippen MR) is 90.7 cm³/mol. The molecule has 1 aromatic heterocycles. The number of hydrogen-bond donors (Lipinski definition) is 0. The van der Waals surface area contributed by atoms with E-state index in [1.165, 1.54) is 16.7 Å². The van der Waals surface area contributed by atoms with Gasteiger partial charge in [0.1, 0.15) is 0 Å². The summed E-state index contributed by atoms with van der Waals surface area (Å²) in [5.41, 5.74) is 6.90. The van der Waals surface area contributed by atoms with Crippen molar-refractivity contribution >= 4 is 5.57 Å². The molecule has 1 heterocycles. The van der Waals surface area contributed by atoms with Crippen molar-refractivity contribution in [2.24, 2.45) is 0 Å². The first-order valence-electron chi connectivity index (χ1n) is 7.89. The van der Waals surface area contributed by atoms with Crippen LogP contribution in [-0.4, -0.2) is 35.7 Å². The highest BCUT2D eigenvalue weighted by atomic mass is 15.1. The van der Waals surface area contributed by atoms with Gasteiger partial charge < -0.3 is 4.90 Å². The molecule has 3 rings (SSSR count). The summed E-state index contributed by atoms with van der Waals surface area (Å²) in [6.07, 6.45) is 3.92. The van der Waals surface area contributed by atoms with E-state index in [4.69, 9.17) is 0 Å². The van der Waals surface area contributed by atoms with Gasteiger partial charge in [-0.3, -0.25) is 0 Å². The topological polar surface area (TPSA) is 29.0 Å². The summed E-state index contributed by atoms with van der Waals surface area (Å²) >= 11 is 0. The summed E-state index contributed by atoms with van der Waals surface area (Å²) < 4.78 is 0. The fraction of sp³-hybridized carbons (Fsp3) is 0.368. The van der Waals surface area contributed by atoms with E-state index in [-0.39, 0.29) is 5.92 Å². The van der Waals surface area contributed by atoms with Gasteiger partial charge in [0.15, 0.2) is 0 Å². The van der Waals surface area contributed by atoms with Gasteiger partial charge in [-0.25, -0.2) is 0 Å². The largest absolute Gasteiger partial charge is 0.309 e. The molecule has 0 saturated carbocycles. The Bertz CT molecular complexity index is 674.